The number of alkyl halides is 3. The molecule has 0 spiro atoms. The van der Waals surface area contributed by atoms with Crippen LogP contribution in [-0.4, -0.2) is 8.78 Å². The Morgan fingerprint density at radius 3 is 2.33 bits per heavy atom. The molecule has 0 aliphatic carbocycles. The molecule has 0 aliphatic rings. The van der Waals surface area contributed by atoms with Crippen LogP contribution in [0, 0.1) is 0 Å². The van der Waals surface area contributed by atoms with Crippen LogP contribution in [0.5, 0.6) is 0 Å². The normalized spacial score (nSPS) is 11.5. The Hall–Kier alpha value is 0.340. The van der Waals surface area contributed by atoms with Gasteiger partial charge in [0.25, 0.3) is 0 Å². The molecule has 0 aromatic carbocycles. The van der Waals surface area contributed by atoms with Crippen molar-refractivity contribution < 1.29 is 0 Å². The van der Waals surface area contributed by atoms with E-state index < -0.39 is 3.79 Å². The molecule has 1 heterocycles. The highest BCUT2D eigenvalue weighted by Gasteiger charge is 2.22. The molecule has 0 N–H and O–H groups in total. The molecular weight excluding hydrogens is 299 g/mol. The SMILES string of the molecule is C=C(CC(Cl)(Cl)Cl)c1cc(Cl)cc(Cl)n1. The topological polar surface area (TPSA) is 12.9 Å². The number of pyridine rings is 1. The molecule has 0 bridgehead atoms. The van der Waals surface area contributed by atoms with Gasteiger partial charge >= 0.3 is 0 Å². The summed E-state index contributed by atoms with van der Waals surface area (Å²) < 4.78 is -1.40. The average molecular weight is 305 g/mol. The highest BCUT2D eigenvalue weighted by atomic mass is 35.6. The quantitative estimate of drug-likeness (QED) is 0.543. The van der Waals surface area contributed by atoms with Gasteiger partial charge in [-0.1, -0.05) is 64.6 Å². The zero-order chi connectivity index (χ0) is 11.6. The van der Waals surface area contributed by atoms with Crippen LogP contribution in [0.3, 0.4) is 0 Å². The molecule has 0 unspecified atom stereocenters. The number of hydrogen-bond donors (Lipinski definition) is 0. The molecule has 0 amide bonds. The van der Waals surface area contributed by atoms with Crippen molar-refractivity contribution in [2.75, 3.05) is 0 Å². The van der Waals surface area contributed by atoms with Crippen LogP contribution in [0.4, 0.5) is 0 Å². The molecule has 82 valence electrons. The van der Waals surface area contributed by atoms with Gasteiger partial charge in [0, 0.05) is 11.4 Å². The van der Waals surface area contributed by atoms with E-state index in [1.54, 1.807) is 6.07 Å². The Labute approximate surface area is 113 Å². The molecule has 0 aliphatic heterocycles. The zero-order valence-electron chi connectivity index (χ0n) is 7.41. The molecular formula is C9H6Cl5N. The molecule has 0 saturated carbocycles. The van der Waals surface area contributed by atoms with Gasteiger partial charge in [-0.05, 0) is 17.7 Å². The summed E-state index contributed by atoms with van der Waals surface area (Å²) in [5.74, 6) is 0. The van der Waals surface area contributed by atoms with E-state index in [4.69, 9.17) is 58.0 Å². The lowest BCUT2D eigenvalue weighted by Crippen LogP contribution is -2.03. The predicted molar refractivity (Wildman–Crippen MR) is 68.2 cm³/mol. The summed E-state index contributed by atoms with van der Waals surface area (Å²) in [4.78, 5) is 4.02. The van der Waals surface area contributed by atoms with Crippen LogP contribution in [0.2, 0.25) is 10.2 Å². The summed E-state index contributed by atoms with van der Waals surface area (Å²) in [5, 5.41) is 0.749. The first kappa shape index (κ1) is 13.4. The molecule has 1 rings (SSSR count). The minimum Gasteiger partial charge on any atom is -0.236 e. The Morgan fingerprint density at radius 1 is 1.27 bits per heavy atom. The first-order valence-electron chi connectivity index (χ1n) is 3.86. The minimum atomic E-state index is -1.40. The number of nitrogens with zero attached hydrogens (tertiary/aromatic N) is 1. The lowest BCUT2D eigenvalue weighted by molar-refractivity contribution is 1.08. The van der Waals surface area contributed by atoms with Crippen molar-refractivity contribution in [2.24, 2.45) is 0 Å². The fraction of sp³-hybridized carbons (Fsp3) is 0.222. The highest BCUT2D eigenvalue weighted by Crippen LogP contribution is 2.36. The third-order valence-corrected chi connectivity index (χ3v) is 2.35. The maximum absolute atomic E-state index is 5.80. The summed E-state index contributed by atoms with van der Waals surface area (Å²) >= 11 is 28.4. The van der Waals surface area contributed by atoms with Crippen molar-refractivity contribution in [1.29, 1.82) is 0 Å². The zero-order valence-corrected chi connectivity index (χ0v) is 11.2. The van der Waals surface area contributed by atoms with Gasteiger partial charge in [0.2, 0.25) is 0 Å². The molecule has 1 aromatic rings. The van der Waals surface area contributed by atoms with Crippen LogP contribution in [-0.2, 0) is 0 Å². The number of hydrogen-bond acceptors (Lipinski definition) is 1. The molecule has 0 atom stereocenters. The summed E-state index contributed by atoms with van der Waals surface area (Å²) in [5.41, 5.74) is 1.10. The fourth-order valence-corrected chi connectivity index (χ4v) is 1.93. The Balaban J connectivity index is 2.92. The average Bonchev–Trinajstić information content (AvgIpc) is 1.98. The number of aromatic nitrogens is 1. The van der Waals surface area contributed by atoms with E-state index in [0.29, 0.717) is 16.3 Å². The van der Waals surface area contributed by atoms with Gasteiger partial charge in [-0.25, -0.2) is 4.98 Å². The van der Waals surface area contributed by atoms with Gasteiger partial charge in [0.05, 0.1) is 5.69 Å². The van der Waals surface area contributed by atoms with Crippen molar-refractivity contribution in [1.82, 2.24) is 4.98 Å². The van der Waals surface area contributed by atoms with E-state index in [-0.39, 0.29) is 11.6 Å². The molecule has 0 fully saturated rings. The third kappa shape index (κ3) is 4.80. The van der Waals surface area contributed by atoms with Crippen LogP contribution in [0.1, 0.15) is 12.1 Å². The molecule has 6 heteroatoms. The van der Waals surface area contributed by atoms with E-state index in [1.165, 1.54) is 6.07 Å². The van der Waals surface area contributed by atoms with E-state index >= 15 is 0 Å². The first-order chi connectivity index (χ1) is 6.78. The van der Waals surface area contributed by atoms with Crippen molar-refractivity contribution >= 4 is 63.6 Å². The van der Waals surface area contributed by atoms with Crippen LogP contribution >= 0.6 is 58.0 Å². The summed E-state index contributed by atoms with van der Waals surface area (Å²) in [6, 6.07) is 3.14. The monoisotopic (exact) mass is 303 g/mol. The van der Waals surface area contributed by atoms with Crippen molar-refractivity contribution in [3.05, 3.63) is 34.6 Å². The van der Waals surface area contributed by atoms with Crippen LogP contribution in [0.15, 0.2) is 18.7 Å². The lowest BCUT2D eigenvalue weighted by Gasteiger charge is -2.12. The molecule has 0 radical (unpaired) electrons. The van der Waals surface area contributed by atoms with Gasteiger partial charge in [0.1, 0.15) is 5.15 Å². The van der Waals surface area contributed by atoms with Crippen molar-refractivity contribution in [3.8, 4) is 0 Å². The van der Waals surface area contributed by atoms with Crippen molar-refractivity contribution in [2.45, 2.75) is 10.2 Å². The van der Waals surface area contributed by atoms with E-state index in [0.717, 1.165) is 0 Å². The Morgan fingerprint density at radius 2 is 1.87 bits per heavy atom. The second-order valence-electron chi connectivity index (χ2n) is 2.89. The minimum absolute atomic E-state index is 0.168. The maximum Gasteiger partial charge on any atom is 0.194 e. The standard InChI is InChI=1S/C9H6Cl5N/c1-5(4-9(12,13)14)7-2-6(10)3-8(11)15-7/h2-3H,1,4H2. The number of allylic oxidation sites excluding steroid dienone is 1. The largest absolute Gasteiger partial charge is 0.236 e. The summed E-state index contributed by atoms with van der Waals surface area (Å²) in [6.45, 7) is 3.76. The lowest BCUT2D eigenvalue weighted by atomic mass is 10.1. The summed E-state index contributed by atoms with van der Waals surface area (Å²) in [7, 11) is 0. The molecule has 1 nitrogen and oxygen atoms in total. The molecule has 1 aromatic heterocycles. The van der Waals surface area contributed by atoms with E-state index in [2.05, 4.69) is 11.6 Å². The highest BCUT2D eigenvalue weighted by molar-refractivity contribution is 6.67. The third-order valence-electron chi connectivity index (χ3n) is 1.53. The van der Waals surface area contributed by atoms with E-state index in [1.807, 2.05) is 0 Å². The fourth-order valence-electron chi connectivity index (χ4n) is 0.979. The van der Waals surface area contributed by atoms with Gasteiger partial charge in [-0.2, -0.15) is 0 Å². The second kappa shape index (κ2) is 5.11. The number of halogens is 5. The molecule has 0 saturated heterocycles. The van der Waals surface area contributed by atoms with Crippen molar-refractivity contribution in [3.63, 3.8) is 0 Å². The van der Waals surface area contributed by atoms with Crippen LogP contribution < -0.4 is 0 Å². The number of rotatable bonds is 2. The Kier molecular flexibility index (Phi) is 4.57. The maximum atomic E-state index is 5.80. The van der Waals surface area contributed by atoms with Gasteiger partial charge in [-0.15, -0.1) is 0 Å². The van der Waals surface area contributed by atoms with Gasteiger partial charge in [0.15, 0.2) is 3.79 Å². The Bertz CT molecular complexity index is 362. The first-order valence-corrected chi connectivity index (χ1v) is 5.75. The second-order valence-corrected chi connectivity index (χ2v) is 6.23. The van der Waals surface area contributed by atoms with Gasteiger partial charge < -0.3 is 0 Å². The van der Waals surface area contributed by atoms with E-state index in [9.17, 15) is 0 Å². The van der Waals surface area contributed by atoms with Crippen LogP contribution in [0.25, 0.3) is 5.57 Å². The summed E-state index contributed by atoms with van der Waals surface area (Å²) in [6.07, 6.45) is 0.168. The molecule has 15 heavy (non-hydrogen) atoms. The van der Waals surface area contributed by atoms with Gasteiger partial charge in [-0.3, -0.25) is 0 Å². The smallest absolute Gasteiger partial charge is 0.194 e. The predicted octanol–water partition coefficient (Wildman–Crippen LogP) is 5.16.